The van der Waals surface area contributed by atoms with Crippen LogP contribution in [0.5, 0.6) is 11.5 Å². The number of nitrogens with zero attached hydrogens (tertiary/aromatic N) is 1. The van der Waals surface area contributed by atoms with Gasteiger partial charge in [-0.05, 0) is 30.9 Å². The summed E-state index contributed by atoms with van der Waals surface area (Å²) in [5, 5.41) is 15.7. The summed E-state index contributed by atoms with van der Waals surface area (Å²) in [4.78, 5) is 12.8. The molecule has 0 unspecified atom stereocenters. The van der Waals surface area contributed by atoms with E-state index >= 15 is 0 Å². The summed E-state index contributed by atoms with van der Waals surface area (Å²) in [5.41, 5.74) is 2.34. The van der Waals surface area contributed by atoms with Crippen molar-refractivity contribution in [3.63, 3.8) is 0 Å². The summed E-state index contributed by atoms with van der Waals surface area (Å²) < 4.78 is 16.4. The normalized spacial score (nSPS) is 16.7. The number of hydrogen-bond donors (Lipinski definition) is 2. The van der Waals surface area contributed by atoms with Gasteiger partial charge in [-0.2, -0.15) is 0 Å². The standard InChI is InChI=1S/C20H24N2O5/c1-11-17-14(22-24)9-20(2,3)10-16(17)27-18(11)19(23)21-13-7-6-12(25-4)8-15(13)26-5/h6-8,24H,9-10H2,1-5H3,(H,21,23)/b22-14-. The Hall–Kier alpha value is -2.96. The Balaban J connectivity index is 1.95. The minimum Gasteiger partial charge on any atom is -0.497 e. The number of methoxy groups -OCH3 is 2. The minimum absolute atomic E-state index is 0.105. The van der Waals surface area contributed by atoms with Gasteiger partial charge in [0.15, 0.2) is 5.76 Å². The van der Waals surface area contributed by atoms with Gasteiger partial charge in [-0.25, -0.2) is 0 Å². The third-order valence-corrected chi connectivity index (χ3v) is 4.78. The number of amides is 1. The average Bonchev–Trinajstić information content (AvgIpc) is 2.96. The van der Waals surface area contributed by atoms with Crippen molar-refractivity contribution in [2.75, 3.05) is 19.5 Å². The Morgan fingerprint density at radius 3 is 2.63 bits per heavy atom. The van der Waals surface area contributed by atoms with Crippen molar-refractivity contribution in [1.82, 2.24) is 0 Å². The van der Waals surface area contributed by atoms with E-state index in [1.165, 1.54) is 7.11 Å². The van der Waals surface area contributed by atoms with Crippen LogP contribution in [-0.4, -0.2) is 31.0 Å². The van der Waals surface area contributed by atoms with Crippen LogP contribution in [0.4, 0.5) is 5.69 Å². The molecule has 1 heterocycles. The van der Waals surface area contributed by atoms with Crippen molar-refractivity contribution < 1.29 is 23.9 Å². The molecule has 1 aliphatic rings. The lowest BCUT2D eigenvalue weighted by atomic mass is 9.75. The Morgan fingerprint density at radius 1 is 1.26 bits per heavy atom. The van der Waals surface area contributed by atoms with Gasteiger partial charge in [0, 0.05) is 23.6 Å². The smallest absolute Gasteiger partial charge is 0.291 e. The molecule has 0 saturated heterocycles. The molecule has 7 heteroatoms. The molecule has 2 aromatic rings. The second-order valence-electron chi connectivity index (χ2n) is 7.44. The molecule has 0 atom stereocenters. The number of anilines is 1. The lowest BCUT2D eigenvalue weighted by molar-refractivity contribution is 0.0992. The van der Waals surface area contributed by atoms with Crippen LogP contribution in [0.25, 0.3) is 0 Å². The van der Waals surface area contributed by atoms with E-state index in [4.69, 9.17) is 13.9 Å². The first kappa shape index (κ1) is 18.8. The van der Waals surface area contributed by atoms with Gasteiger partial charge in [0.1, 0.15) is 17.3 Å². The maximum absolute atomic E-state index is 12.8. The number of fused-ring (bicyclic) bond motifs is 1. The van der Waals surface area contributed by atoms with Crippen molar-refractivity contribution in [2.45, 2.75) is 33.6 Å². The van der Waals surface area contributed by atoms with E-state index in [0.717, 1.165) is 5.56 Å². The van der Waals surface area contributed by atoms with Crippen LogP contribution in [0.1, 0.15) is 47.7 Å². The molecule has 144 valence electrons. The molecule has 0 fully saturated rings. The predicted molar refractivity (Wildman–Crippen MR) is 101 cm³/mol. The lowest BCUT2D eigenvalue weighted by Crippen LogP contribution is -2.27. The average molecular weight is 372 g/mol. The zero-order valence-electron chi connectivity index (χ0n) is 16.2. The maximum Gasteiger partial charge on any atom is 0.291 e. The first-order chi connectivity index (χ1) is 12.8. The van der Waals surface area contributed by atoms with Crippen molar-refractivity contribution in [2.24, 2.45) is 10.6 Å². The molecule has 3 rings (SSSR count). The highest BCUT2D eigenvalue weighted by Crippen LogP contribution is 2.39. The van der Waals surface area contributed by atoms with E-state index in [1.54, 1.807) is 32.2 Å². The number of carbonyl (C=O) groups is 1. The Morgan fingerprint density at radius 2 is 2.00 bits per heavy atom. The van der Waals surface area contributed by atoms with Crippen molar-refractivity contribution in [1.29, 1.82) is 0 Å². The third kappa shape index (κ3) is 3.49. The topological polar surface area (TPSA) is 93.3 Å². The second-order valence-corrected chi connectivity index (χ2v) is 7.44. The summed E-state index contributed by atoms with van der Waals surface area (Å²) in [6.07, 6.45) is 1.28. The van der Waals surface area contributed by atoms with Crippen molar-refractivity contribution in [3.05, 3.63) is 40.8 Å². The van der Waals surface area contributed by atoms with Crippen LogP contribution in [0.3, 0.4) is 0 Å². The third-order valence-electron chi connectivity index (χ3n) is 4.78. The summed E-state index contributed by atoms with van der Waals surface area (Å²) in [5.74, 6) is 1.59. The first-order valence-electron chi connectivity index (χ1n) is 8.66. The number of rotatable bonds is 4. The zero-order valence-corrected chi connectivity index (χ0v) is 16.2. The SMILES string of the molecule is COc1ccc(NC(=O)c2oc3c(c2C)/C(=N\O)CC(C)(C)C3)c(OC)c1. The number of nitrogens with one attached hydrogen (secondary N) is 1. The van der Waals surface area contributed by atoms with Gasteiger partial charge < -0.3 is 24.4 Å². The van der Waals surface area contributed by atoms with E-state index in [0.29, 0.717) is 47.1 Å². The van der Waals surface area contributed by atoms with Gasteiger partial charge in [0.25, 0.3) is 5.91 Å². The van der Waals surface area contributed by atoms with E-state index in [-0.39, 0.29) is 17.1 Å². The van der Waals surface area contributed by atoms with E-state index in [1.807, 2.05) is 0 Å². The molecule has 1 aliphatic carbocycles. The Kier molecular flexibility index (Phi) is 4.87. The van der Waals surface area contributed by atoms with Gasteiger partial charge in [-0.3, -0.25) is 4.79 Å². The zero-order chi connectivity index (χ0) is 19.8. The maximum atomic E-state index is 12.8. The number of hydrogen-bond acceptors (Lipinski definition) is 6. The van der Waals surface area contributed by atoms with Crippen LogP contribution in [-0.2, 0) is 6.42 Å². The van der Waals surface area contributed by atoms with Crippen molar-refractivity contribution in [3.8, 4) is 11.5 Å². The van der Waals surface area contributed by atoms with Crippen LogP contribution in [0, 0.1) is 12.3 Å². The van der Waals surface area contributed by atoms with E-state index < -0.39 is 0 Å². The first-order valence-corrected chi connectivity index (χ1v) is 8.66. The largest absolute Gasteiger partial charge is 0.497 e. The van der Waals surface area contributed by atoms with E-state index in [2.05, 4.69) is 24.3 Å². The van der Waals surface area contributed by atoms with Gasteiger partial charge in [-0.15, -0.1) is 0 Å². The number of benzene rings is 1. The molecule has 1 aromatic carbocycles. The summed E-state index contributed by atoms with van der Waals surface area (Å²) in [6.45, 7) is 5.94. The number of oxime groups is 1. The summed E-state index contributed by atoms with van der Waals surface area (Å²) in [6, 6.07) is 5.13. The molecular formula is C20H24N2O5. The van der Waals surface area contributed by atoms with Crippen LogP contribution < -0.4 is 14.8 Å². The number of ether oxygens (including phenoxy) is 2. The van der Waals surface area contributed by atoms with Crippen LogP contribution in [0.2, 0.25) is 0 Å². The monoisotopic (exact) mass is 372 g/mol. The van der Waals surface area contributed by atoms with Gasteiger partial charge >= 0.3 is 0 Å². The number of carbonyl (C=O) groups excluding carboxylic acids is 1. The lowest BCUT2D eigenvalue weighted by Gasteiger charge is -2.28. The molecule has 0 radical (unpaired) electrons. The molecule has 2 N–H and O–H groups in total. The van der Waals surface area contributed by atoms with Crippen molar-refractivity contribution >= 4 is 17.3 Å². The highest BCUT2D eigenvalue weighted by atomic mass is 16.5. The van der Waals surface area contributed by atoms with Gasteiger partial charge in [-0.1, -0.05) is 19.0 Å². The Labute approximate surface area is 158 Å². The highest BCUT2D eigenvalue weighted by Gasteiger charge is 2.36. The Bertz CT molecular complexity index is 911. The summed E-state index contributed by atoms with van der Waals surface area (Å²) >= 11 is 0. The fourth-order valence-electron chi connectivity index (χ4n) is 3.50. The molecule has 1 aromatic heterocycles. The molecular weight excluding hydrogens is 348 g/mol. The summed E-state index contributed by atoms with van der Waals surface area (Å²) in [7, 11) is 3.08. The molecule has 27 heavy (non-hydrogen) atoms. The number of furan rings is 1. The highest BCUT2D eigenvalue weighted by molar-refractivity contribution is 6.09. The fraction of sp³-hybridized carbons (Fsp3) is 0.400. The van der Waals surface area contributed by atoms with Gasteiger partial charge in [0.05, 0.1) is 25.6 Å². The molecule has 0 bridgehead atoms. The second kappa shape index (κ2) is 6.98. The fourth-order valence-corrected chi connectivity index (χ4v) is 3.50. The molecule has 0 saturated carbocycles. The quantitative estimate of drug-likeness (QED) is 0.625. The minimum atomic E-state index is -0.388. The van der Waals surface area contributed by atoms with Gasteiger partial charge in [0.2, 0.25) is 0 Å². The molecule has 7 nitrogen and oxygen atoms in total. The molecule has 0 aliphatic heterocycles. The molecule has 0 spiro atoms. The van der Waals surface area contributed by atoms with Crippen LogP contribution in [0.15, 0.2) is 27.8 Å². The van der Waals surface area contributed by atoms with Crippen LogP contribution >= 0.6 is 0 Å². The van der Waals surface area contributed by atoms with E-state index in [9.17, 15) is 10.0 Å². The molecule has 1 amide bonds. The predicted octanol–water partition coefficient (Wildman–Crippen LogP) is 4.01.